The van der Waals surface area contributed by atoms with Gasteiger partial charge in [-0.2, -0.15) is 0 Å². The molecule has 2 rings (SSSR count). The van der Waals surface area contributed by atoms with E-state index in [1.807, 2.05) is 20.8 Å². The second kappa shape index (κ2) is 8.63. The Morgan fingerprint density at radius 1 is 1.33 bits per heavy atom. The number of benzene rings is 1. The molecule has 1 aliphatic carbocycles. The standard InChI is InChI=1S/C20H32N2O2/c1-20(2,3)21-13-12-18(23)16-10-7-11-17(14-16)22-19(24)15-8-5-4-6-9-15/h7,10-11,14-15,18,21,23H,4-6,8-9,12-13H2,1-3H3,(H,22,24)/i13D2. The Balaban J connectivity index is 2.00. The minimum Gasteiger partial charge on any atom is -0.388 e. The minimum atomic E-state index is -1.70. The fraction of sp³-hybridized carbons (Fsp3) is 0.650. The van der Waals surface area contributed by atoms with Crippen molar-refractivity contribution < 1.29 is 12.6 Å². The molecule has 4 nitrogen and oxygen atoms in total. The van der Waals surface area contributed by atoms with E-state index in [0.29, 0.717) is 11.3 Å². The van der Waals surface area contributed by atoms with Gasteiger partial charge in [0.25, 0.3) is 0 Å². The van der Waals surface area contributed by atoms with E-state index in [4.69, 9.17) is 2.74 Å². The van der Waals surface area contributed by atoms with E-state index in [1.165, 1.54) is 6.42 Å². The molecule has 1 amide bonds. The highest BCUT2D eigenvalue weighted by Gasteiger charge is 2.21. The number of amides is 1. The van der Waals surface area contributed by atoms with Crippen LogP contribution in [0.5, 0.6) is 0 Å². The van der Waals surface area contributed by atoms with Crippen LogP contribution in [0.3, 0.4) is 0 Å². The smallest absolute Gasteiger partial charge is 0.227 e. The van der Waals surface area contributed by atoms with E-state index in [-0.39, 0.29) is 23.8 Å². The Kier molecular flexibility index (Phi) is 5.79. The molecule has 1 fully saturated rings. The van der Waals surface area contributed by atoms with Crippen molar-refractivity contribution in [2.75, 3.05) is 11.8 Å². The summed E-state index contributed by atoms with van der Waals surface area (Å²) in [4.78, 5) is 12.4. The molecule has 0 aromatic heterocycles. The van der Waals surface area contributed by atoms with Gasteiger partial charge in [-0.3, -0.25) is 4.79 Å². The Hall–Kier alpha value is -1.39. The first kappa shape index (κ1) is 16.1. The normalized spacial score (nSPS) is 19.3. The Bertz CT molecular complexity index is 608. The van der Waals surface area contributed by atoms with Crippen LogP contribution in [0.15, 0.2) is 24.3 Å². The van der Waals surface area contributed by atoms with Gasteiger partial charge >= 0.3 is 0 Å². The van der Waals surface area contributed by atoms with Crippen LogP contribution in [0, 0.1) is 5.92 Å². The Morgan fingerprint density at radius 2 is 2.04 bits per heavy atom. The van der Waals surface area contributed by atoms with Gasteiger partial charge < -0.3 is 15.7 Å². The molecule has 1 aromatic rings. The van der Waals surface area contributed by atoms with Crippen LogP contribution in [0.25, 0.3) is 0 Å². The minimum absolute atomic E-state index is 0.0427. The van der Waals surface area contributed by atoms with Crippen molar-refractivity contribution in [3.05, 3.63) is 29.8 Å². The number of rotatable bonds is 6. The molecule has 4 heteroatoms. The number of hydrogen-bond acceptors (Lipinski definition) is 3. The highest BCUT2D eigenvalue weighted by Crippen LogP contribution is 2.26. The molecule has 0 heterocycles. The molecule has 0 radical (unpaired) electrons. The number of aliphatic hydroxyl groups is 1. The third kappa shape index (κ3) is 6.25. The summed E-state index contributed by atoms with van der Waals surface area (Å²) in [7, 11) is 0. The van der Waals surface area contributed by atoms with Crippen LogP contribution in [0.1, 0.15) is 73.7 Å². The highest BCUT2D eigenvalue weighted by atomic mass is 16.3. The van der Waals surface area contributed by atoms with Crippen molar-refractivity contribution in [2.24, 2.45) is 5.92 Å². The van der Waals surface area contributed by atoms with Gasteiger partial charge in [0.15, 0.2) is 0 Å². The molecule has 1 aromatic carbocycles. The van der Waals surface area contributed by atoms with Gasteiger partial charge in [0.05, 0.1) is 6.10 Å². The zero-order valence-corrected chi connectivity index (χ0v) is 15.1. The summed E-state index contributed by atoms with van der Waals surface area (Å²) in [6.07, 6.45) is 4.27. The van der Waals surface area contributed by atoms with E-state index in [9.17, 15) is 9.90 Å². The monoisotopic (exact) mass is 334 g/mol. The van der Waals surface area contributed by atoms with Gasteiger partial charge in [-0.1, -0.05) is 31.4 Å². The second-order valence-corrected chi connectivity index (χ2v) is 7.72. The lowest BCUT2D eigenvalue weighted by Gasteiger charge is -2.22. The topological polar surface area (TPSA) is 61.4 Å². The van der Waals surface area contributed by atoms with Crippen molar-refractivity contribution in [3.8, 4) is 0 Å². The summed E-state index contributed by atoms with van der Waals surface area (Å²) in [6, 6.07) is 7.08. The molecular weight excluding hydrogens is 300 g/mol. The van der Waals surface area contributed by atoms with Crippen molar-refractivity contribution in [2.45, 2.75) is 70.9 Å². The first-order valence-electron chi connectivity index (χ1n) is 9.94. The van der Waals surface area contributed by atoms with Crippen LogP contribution in [0.2, 0.25) is 0 Å². The molecule has 0 spiro atoms. The maximum atomic E-state index is 12.4. The van der Waals surface area contributed by atoms with Crippen molar-refractivity contribution in [1.29, 1.82) is 0 Å². The number of anilines is 1. The molecule has 0 aliphatic heterocycles. The predicted octanol–water partition coefficient (Wildman–Crippen LogP) is 4.02. The number of aliphatic hydroxyl groups excluding tert-OH is 1. The van der Waals surface area contributed by atoms with Gasteiger partial charge in [0.1, 0.15) is 0 Å². The van der Waals surface area contributed by atoms with Crippen LogP contribution in [-0.4, -0.2) is 23.0 Å². The molecular formula is C20H32N2O2. The first-order valence-corrected chi connectivity index (χ1v) is 8.94. The summed E-state index contributed by atoms with van der Waals surface area (Å²) in [5.74, 6) is 0.114. The third-order valence-electron chi connectivity index (χ3n) is 4.27. The summed E-state index contributed by atoms with van der Waals surface area (Å²) < 4.78 is 16.2. The van der Waals surface area contributed by atoms with Crippen LogP contribution < -0.4 is 10.6 Å². The van der Waals surface area contributed by atoms with Gasteiger partial charge in [-0.25, -0.2) is 0 Å². The number of carbonyl (C=O) groups excluding carboxylic acids is 1. The number of hydrogen-bond donors (Lipinski definition) is 3. The molecule has 0 bridgehead atoms. The number of carbonyl (C=O) groups is 1. The van der Waals surface area contributed by atoms with Crippen LogP contribution >= 0.6 is 0 Å². The molecule has 1 aliphatic rings. The first-order chi connectivity index (χ1) is 12.1. The van der Waals surface area contributed by atoms with Crippen molar-refractivity contribution in [1.82, 2.24) is 5.32 Å². The zero-order valence-electron chi connectivity index (χ0n) is 17.1. The van der Waals surface area contributed by atoms with Crippen molar-refractivity contribution >= 4 is 11.6 Å². The lowest BCUT2D eigenvalue weighted by atomic mass is 9.88. The third-order valence-corrected chi connectivity index (χ3v) is 4.27. The number of nitrogens with one attached hydrogen (secondary N) is 2. The summed E-state index contributed by atoms with van der Waals surface area (Å²) >= 11 is 0. The quantitative estimate of drug-likeness (QED) is 0.736. The summed E-state index contributed by atoms with van der Waals surface area (Å²) in [5, 5.41) is 16.3. The van der Waals surface area contributed by atoms with E-state index in [0.717, 1.165) is 25.7 Å². The van der Waals surface area contributed by atoms with E-state index in [2.05, 4.69) is 10.6 Å². The van der Waals surface area contributed by atoms with Gasteiger partial charge in [-0.05, 0) is 64.2 Å². The summed E-state index contributed by atoms with van der Waals surface area (Å²) in [6.45, 7) is 3.97. The van der Waals surface area contributed by atoms with Gasteiger partial charge in [0.2, 0.25) is 5.91 Å². The maximum Gasteiger partial charge on any atom is 0.227 e. The van der Waals surface area contributed by atoms with Gasteiger partial charge in [-0.15, -0.1) is 0 Å². The average Bonchev–Trinajstić information content (AvgIpc) is 2.53. The average molecular weight is 335 g/mol. The fourth-order valence-corrected chi connectivity index (χ4v) is 2.96. The lowest BCUT2D eigenvalue weighted by molar-refractivity contribution is -0.120. The summed E-state index contributed by atoms with van der Waals surface area (Å²) in [5.41, 5.74) is 0.867. The predicted molar refractivity (Wildman–Crippen MR) is 99.0 cm³/mol. The van der Waals surface area contributed by atoms with E-state index in [1.54, 1.807) is 24.3 Å². The zero-order chi connectivity index (χ0) is 19.4. The van der Waals surface area contributed by atoms with E-state index < -0.39 is 12.6 Å². The Labute approximate surface area is 148 Å². The molecule has 1 saturated carbocycles. The van der Waals surface area contributed by atoms with E-state index >= 15 is 0 Å². The van der Waals surface area contributed by atoms with Crippen LogP contribution in [-0.2, 0) is 4.79 Å². The molecule has 134 valence electrons. The largest absolute Gasteiger partial charge is 0.388 e. The molecule has 3 N–H and O–H groups in total. The highest BCUT2D eigenvalue weighted by molar-refractivity contribution is 5.92. The van der Waals surface area contributed by atoms with Crippen LogP contribution in [0.4, 0.5) is 5.69 Å². The molecule has 1 unspecified atom stereocenters. The fourth-order valence-electron chi connectivity index (χ4n) is 2.96. The lowest BCUT2D eigenvalue weighted by Crippen LogP contribution is -2.36. The maximum absolute atomic E-state index is 12.4. The SMILES string of the molecule is [2H]C([2H])(CC(O)c1cccc(NC(=O)C2CCCCC2)c1)NC(C)(C)C. The Morgan fingerprint density at radius 3 is 2.71 bits per heavy atom. The molecule has 24 heavy (non-hydrogen) atoms. The molecule has 0 saturated heterocycles. The van der Waals surface area contributed by atoms with Crippen molar-refractivity contribution in [3.63, 3.8) is 0 Å². The molecule has 1 atom stereocenters. The van der Waals surface area contributed by atoms with Gasteiger partial charge in [0, 0.05) is 19.9 Å². The second-order valence-electron chi connectivity index (χ2n) is 7.72.